The van der Waals surface area contributed by atoms with Crippen molar-refractivity contribution in [1.82, 2.24) is 20.9 Å². The number of hydrogen-bond donors (Lipinski definition) is 9. The van der Waals surface area contributed by atoms with Crippen LogP contribution in [0.15, 0.2) is 54.7 Å². The molecule has 3 aromatic rings. The van der Waals surface area contributed by atoms with Gasteiger partial charge >= 0.3 is 5.97 Å². The highest BCUT2D eigenvalue weighted by molar-refractivity contribution is 5.94. The number of benzene rings is 2. The third kappa shape index (κ3) is 9.03. The number of carbonyl (C=O) groups excluding carboxylic acids is 3. The summed E-state index contributed by atoms with van der Waals surface area (Å²) in [5, 5.41) is 36.7. The van der Waals surface area contributed by atoms with E-state index in [2.05, 4.69) is 20.9 Å². The average Bonchev–Trinajstić information content (AvgIpc) is 3.38. The fourth-order valence-corrected chi connectivity index (χ4v) is 4.48. The van der Waals surface area contributed by atoms with E-state index in [-0.39, 0.29) is 25.0 Å². The number of phenols is 1. The molecule has 3 amide bonds. The van der Waals surface area contributed by atoms with Crippen molar-refractivity contribution in [3.8, 4) is 5.75 Å². The van der Waals surface area contributed by atoms with Gasteiger partial charge in [-0.2, -0.15) is 0 Å². The molecule has 1 aromatic heterocycles. The molecule has 0 aliphatic rings. The number of H-pyrrole nitrogens is 1. The lowest BCUT2D eigenvalue weighted by molar-refractivity contribution is -0.143. The predicted octanol–water partition coefficient (Wildman–Crippen LogP) is -0.354. The summed E-state index contributed by atoms with van der Waals surface area (Å²) in [6.45, 7) is -0.473. The molecule has 0 saturated carbocycles. The molecular formula is C29H38N6O7. The number of aromatic nitrogens is 1. The van der Waals surface area contributed by atoms with Gasteiger partial charge in [0.15, 0.2) is 0 Å². The molecule has 4 atom stereocenters. The minimum atomic E-state index is -1.58. The summed E-state index contributed by atoms with van der Waals surface area (Å²) >= 11 is 0. The third-order valence-corrected chi connectivity index (χ3v) is 6.84. The van der Waals surface area contributed by atoms with Gasteiger partial charge in [0.25, 0.3) is 0 Å². The lowest BCUT2D eigenvalue weighted by atomic mass is 10.0. The first kappa shape index (κ1) is 32.1. The monoisotopic (exact) mass is 582 g/mol. The van der Waals surface area contributed by atoms with Gasteiger partial charge in [0.05, 0.1) is 12.6 Å². The molecule has 0 radical (unpaired) electrons. The van der Waals surface area contributed by atoms with Crippen LogP contribution >= 0.6 is 0 Å². The minimum absolute atomic E-state index is 0.00154. The van der Waals surface area contributed by atoms with E-state index in [1.165, 1.54) is 12.1 Å². The molecule has 0 bridgehead atoms. The van der Waals surface area contributed by atoms with Gasteiger partial charge < -0.3 is 47.7 Å². The number of hydrogen-bond acceptors (Lipinski definition) is 8. The van der Waals surface area contributed by atoms with Gasteiger partial charge in [-0.3, -0.25) is 14.4 Å². The topological polar surface area (TPSA) is 233 Å². The molecule has 0 saturated heterocycles. The molecule has 3 rings (SSSR count). The van der Waals surface area contributed by atoms with Crippen LogP contribution in [0.5, 0.6) is 5.75 Å². The Morgan fingerprint density at radius 3 is 2.14 bits per heavy atom. The average molecular weight is 583 g/mol. The van der Waals surface area contributed by atoms with E-state index < -0.39 is 54.5 Å². The van der Waals surface area contributed by atoms with Crippen molar-refractivity contribution in [3.63, 3.8) is 0 Å². The summed E-state index contributed by atoms with van der Waals surface area (Å²) in [6, 6.07) is 8.64. The quantitative estimate of drug-likeness (QED) is 0.100. The first-order valence-electron chi connectivity index (χ1n) is 13.7. The smallest absolute Gasteiger partial charge is 0.328 e. The van der Waals surface area contributed by atoms with Gasteiger partial charge in [-0.15, -0.1) is 0 Å². The van der Waals surface area contributed by atoms with Gasteiger partial charge in [0.2, 0.25) is 17.7 Å². The number of aliphatic carboxylic acids is 1. The lowest BCUT2D eigenvalue weighted by Crippen LogP contribution is -2.58. The van der Waals surface area contributed by atoms with Crippen LogP contribution in [-0.2, 0) is 32.0 Å². The molecule has 226 valence electrons. The summed E-state index contributed by atoms with van der Waals surface area (Å²) in [5.41, 5.74) is 14.2. The normalized spacial score (nSPS) is 14.0. The maximum Gasteiger partial charge on any atom is 0.328 e. The number of fused-ring (bicyclic) bond motifs is 1. The number of rotatable bonds is 16. The van der Waals surface area contributed by atoms with Crippen molar-refractivity contribution < 1.29 is 34.5 Å². The van der Waals surface area contributed by atoms with Crippen LogP contribution in [0.1, 0.15) is 30.4 Å². The standard InChI is InChI=1S/C29H38N6O7/c30-12-4-3-7-23(33-26(38)21(31)14-18-15-32-22-6-2-1-5-20(18)22)27(39)34-24(13-17-8-10-19(37)11-9-17)28(40)35-25(16-36)29(41)42/h1-2,5-6,8-11,15,21,23-25,32,36-37H,3-4,7,12-14,16,30-31H2,(H,33,38)(H,34,39)(H,35,40)(H,41,42). The Hall–Kier alpha value is -4.46. The number of nitrogens with two attached hydrogens (primary N) is 2. The van der Waals surface area contributed by atoms with Gasteiger partial charge in [0.1, 0.15) is 23.9 Å². The van der Waals surface area contributed by atoms with Crippen LogP contribution in [0, 0.1) is 0 Å². The van der Waals surface area contributed by atoms with Crippen LogP contribution in [0.2, 0.25) is 0 Å². The maximum absolute atomic E-state index is 13.4. The van der Waals surface area contributed by atoms with Crippen molar-refractivity contribution in [3.05, 3.63) is 65.9 Å². The first-order chi connectivity index (χ1) is 20.1. The number of aliphatic hydroxyl groups excluding tert-OH is 1. The second-order valence-corrected chi connectivity index (χ2v) is 10.0. The number of carboxylic acids is 1. The number of aliphatic hydroxyl groups is 1. The molecule has 0 spiro atoms. The van der Waals surface area contributed by atoms with Crippen LogP contribution in [0.3, 0.4) is 0 Å². The van der Waals surface area contributed by atoms with E-state index in [9.17, 15) is 34.5 Å². The zero-order chi connectivity index (χ0) is 30.6. The van der Waals surface area contributed by atoms with E-state index in [4.69, 9.17) is 11.5 Å². The SMILES string of the molecule is NCCCCC(NC(=O)C(N)Cc1c[nH]c2ccccc12)C(=O)NC(Cc1ccc(O)cc1)C(=O)NC(CO)C(=O)O. The van der Waals surface area contributed by atoms with Crippen molar-refractivity contribution in [2.45, 2.75) is 56.3 Å². The molecule has 0 aliphatic carbocycles. The Kier molecular flexibility index (Phi) is 11.8. The number of amides is 3. The van der Waals surface area contributed by atoms with Crippen LogP contribution < -0.4 is 27.4 Å². The summed E-state index contributed by atoms with van der Waals surface area (Å²) in [7, 11) is 0. The van der Waals surface area contributed by atoms with Crippen LogP contribution in [-0.4, -0.2) is 81.3 Å². The van der Waals surface area contributed by atoms with Gasteiger partial charge in [0, 0.05) is 23.5 Å². The molecule has 11 N–H and O–H groups in total. The van der Waals surface area contributed by atoms with E-state index >= 15 is 0 Å². The highest BCUT2D eigenvalue weighted by atomic mass is 16.4. The fourth-order valence-electron chi connectivity index (χ4n) is 4.48. The molecule has 13 heteroatoms. The zero-order valence-corrected chi connectivity index (χ0v) is 23.1. The van der Waals surface area contributed by atoms with Crippen molar-refractivity contribution in [2.75, 3.05) is 13.2 Å². The van der Waals surface area contributed by atoms with Crippen LogP contribution in [0.25, 0.3) is 10.9 Å². The summed E-state index contributed by atoms with van der Waals surface area (Å²) in [6.07, 6.45) is 3.26. The van der Waals surface area contributed by atoms with E-state index in [0.717, 1.165) is 16.5 Å². The zero-order valence-electron chi connectivity index (χ0n) is 23.1. The molecular weight excluding hydrogens is 544 g/mol. The Bertz CT molecular complexity index is 1360. The molecule has 2 aromatic carbocycles. The summed E-state index contributed by atoms with van der Waals surface area (Å²) < 4.78 is 0. The second-order valence-electron chi connectivity index (χ2n) is 10.0. The van der Waals surface area contributed by atoms with Gasteiger partial charge in [-0.25, -0.2) is 4.79 Å². The third-order valence-electron chi connectivity index (χ3n) is 6.84. The number of aromatic amines is 1. The fraction of sp³-hybridized carbons (Fsp3) is 0.379. The minimum Gasteiger partial charge on any atom is -0.508 e. The highest BCUT2D eigenvalue weighted by Crippen LogP contribution is 2.19. The lowest BCUT2D eigenvalue weighted by Gasteiger charge is -2.25. The largest absolute Gasteiger partial charge is 0.508 e. The van der Waals surface area contributed by atoms with E-state index in [1.807, 2.05) is 24.3 Å². The Balaban J connectivity index is 1.75. The number of phenolic OH excluding ortho intramolecular Hbond substituents is 1. The number of carboxylic acid groups (broad SMARTS) is 1. The Morgan fingerprint density at radius 2 is 1.48 bits per heavy atom. The maximum atomic E-state index is 13.4. The van der Waals surface area contributed by atoms with E-state index in [1.54, 1.807) is 18.3 Å². The Labute approximate surface area is 242 Å². The van der Waals surface area contributed by atoms with Crippen molar-refractivity contribution >= 4 is 34.6 Å². The number of carbonyl (C=O) groups is 4. The van der Waals surface area contributed by atoms with Gasteiger partial charge in [-0.05, 0) is 61.6 Å². The van der Waals surface area contributed by atoms with Crippen LogP contribution in [0.4, 0.5) is 0 Å². The summed E-state index contributed by atoms with van der Waals surface area (Å²) in [4.78, 5) is 54.1. The molecule has 4 unspecified atom stereocenters. The number of nitrogens with one attached hydrogen (secondary N) is 4. The highest BCUT2D eigenvalue weighted by Gasteiger charge is 2.30. The molecule has 1 heterocycles. The summed E-state index contributed by atoms with van der Waals surface area (Å²) in [5.74, 6) is -3.52. The molecule has 42 heavy (non-hydrogen) atoms. The number of unbranched alkanes of at least 4 members (excludes halogenated alkanes) is 1. The van der Waals surface area contributed by atoms with Gasteiger partial charge in [-0.1, -0.05) is 30.3 Å². The molecule has 0 fully saturated rings. The van der Waals surface area contributed by atoms with Crippen molar-refractivity contribution in [1.29, 1.82) is 0 Å². The Morgan fingerprint density at radius 1 is 0.833 bits per heavy atom. The second kappa shape index (κ2) is 15.5. The van der Waals surface area contributed by atoms with Crippen molar-refractivity contribution in [2.24, 2.45) is 11.5 Å². The molecule has 13 nitrogen and oxygen atoms in total. The predicted molar refractivity (Wildman–Crippen MR) is 155 cm³/mol. The number of para-hydroxylation sites is 1. The first-order valence-corrected chi connectivity index (χ1v) is 13.7. The molecule has 0 aliphatic heterocycles. The van der Waals surface area contributed by atoms with E-state index in [0.29, 0.717) is 24.9 Å². The number of aromatic hydroxyl groups is 1.